The predicted molar refractivity (Wildman–Crippen MR) is 99.9 cm³/mol. The summed E-state index contributed by atoms with van der Waals surface area (Å²) in [5, 5.41) is 0. The quantitative estimate of drug-likeness (QED) is 0.429. The summed E-state index contributed by atoms with van der Waals surface area (Å²) in [7, 11) is 0. The van der Waals surface area contributed by atoms with Crippen molar-refractivity contribution in [3.8, 4) is 0 Å². The molecule has 0 fully saturated rings. The van der Waals surface area contributed by atoms with Gasteiger partial charge in [0, 0.05) is 24.7 Å². The van der Waals surface area contributed by atoms with Gasteiger partial charge in [0.15, 0.2) is 0 Å². The van der Waals surface area contributed by atoms with Crippen LogP contribution < -0.4 is 0 Å². The summed E-state index contributed by atoms with van der Waals surface area (Å²) in [4.78, 5) is 36.7. The molecule has 3 rings (SSSR count). The van der Waals surface area contributed by atoms with Gasteiger partial charge >= 0.3 is 12.1 Å². The van der Waals surface area contributed by atoms with Gasteiger partial charge in [0.05, 0.1) is 17.7 Å². The topological polar surface area (TPSA) is 83.8 Å². The Bertz CT molecular complexity index is 870. The second-order valence-electron chi connectivity index (χ2n) is 6.87. The van der Waals surface area contributed by atoms with Crippen LogP contribution in [0.5, 0.6) is 0 Å². The highest BCUT2D eigenvalue weighted by Crippen LogP contribution is 2.32. The van der Waals surface area contributed by atoms with Gasteiger partial charge in [0.2, 0.25) is 12.1 Å². The number of hydrogen-bond acceptors (Lipinski definition) is 6. The molecule has 0 amide bonds. The molecule has 28 heavy (non-hydrogen) atoms. The van der Waals surface area contributed by atoms with Gasteiger partial charge in [-0.1, -0.05) is 30.3 Å². The molecular weight excluding hydrogens is 362 g/mol. The van der Waals surface area contributed by atoms with Crippen molar-refractivity contribution < 1.29 is 28.6 Å². The van der Waals surface area contributed by atoms with Crippen LogP contribution in [-0.2, 0) is 25.5 Å². The number of fused-ring (bicyclic) bond motifs is 1. The normalized spacial score (nSPS) is 16.4. The maximum atomic E-state index is 12.7. The highest BCUT2D eigenvalue weighted by atomic mass is 16.8. The first-order chi connectivity index (χ1) is 13.4. The molecule has 2 atom stereocenters. The molecule has 7 heteroatoms. The van der Waals surface area contributed by atoms with E-state index in [-0.39, 0.29) is 11.9 Å². The van der Waals surface area contributed by atoms with Crippen LogP contribution in [0.25, 0.3) is 0 Å². The maximum absolute atomic E-state index is 12.7. The Morgan fingerprint density at radius 2 is 1.68 bits per heavy atom. The second kappa shape index (κ2) is 8.29. The number of ketones is 1. The first-order valence-electron chi connectivity index (χ1n) is 9.23. The highest BCUT2D eigenvalue weighted by Gasteiger charge is 2.34. The van der Waals surface area contributed by atoms with Crippen molar-refractivity contribution in [1.82, 2.24) is 4.57 Å². The Hall–Kier alpha value is -3.09. The van der Waals surface area contributed by atoms with Crippen molar-refractivity contribution in [2.75, 3.05) is 0 Å². The summed E-state index contributed by atoms with van der Waals surface area (Å²) >= 11 is 0. The van der Waals surface area contributed by atoms with E-state index in [0.717, 1.165) is 5.69 Å². The van der Waals surface area contributed by atoms with E-state index in [4.69, 9.17) is 14.2 Å². The third kappa shape index (κ3) is 4.24. The van der Waals surface area contributed by atoms with Crippen LogP contribution in [0.1, 0.15) is 54.9 Å². The number of ether oxygens (including phenoxy) is 3. The first-order valence-corrected chi connectivity index (χ1v) is 9.23. The summed E-state index contributed by atoms with van der Waals surface area (Å²) < 4.78 is 16.9. The van der Waals surface area contributed by atoms with E-state index in [2.05, 4.69) is 0 Å². The first kappa shape index (κ1) is 19.7. The van der Waals surface area contributed by atoms with Crippen LogP contribution >= 0.6 is 0 Å². The van der Waals surface area contributed by atoms with Crippen LogP contribution in [0.3, 0.4) is 0 Å². The van der Waals surface area contributed by atoms with Gasteiger partial charge in [0.1, 0.15) is 0 Å². The smallest absolute Gasteiger partial charge is 0.431 e. The molecule has 0 saturated heterocycles. The van der Waals surface area contributed by atoms with E-state index in [9.17, 15) is 14.4 Å². The molecule has 0 saturated carbocycles. The molecule has 1 aromatic heterocycles. The summed E-state index contributed by atoms with van der Waals surface area (Å²) in [5.41, 5.74) is 1.86. The Morgan fingerprint density at radius 1 is 0.964 bits per heavy atom. The number of rotatable bonds is 6. The van der Waals surface area contributed by atoms with Crippen LogP contribution in [0.4, 0.5) is 4.79 Å². The molecule has 1 aromatic carbocycles. The van der Waals surface area contributed by atoms with Gasteiger partial charge < -0.3 is 18.8 Å². The zero-order chi connectivity index (χ0) is 20.3. The van der Waals surface area contributed by atoms with Gasteiger partial charge in [-0.15, -0.1) is 0 Å². The van der Waals surface area contributed by atoms with Gasteiger partial charge in [-0.2, -0.15) is 0 Å². The Morgan fingerprint density at radius 3 is 2.36 bits per heavy atom. The van der Waals surface area contributed by atoms with Crippen molar-refractivity contribution in [3.05, 3.63) is 59.4 Å². The SMILES string of the molecule is CC(C)OC(=O)OC(C)OC(=O)C1CCn2c(C(=O)c3ccccc3)ccc21. The maximum Gasteiger partial charge on any atom is 0.511 e. The number of nitrogens with zero attached hydrogens (tertiary/aromatic N) is 1. The van der Waals surface area contributed by atoms with Crippen LogP contribution in [0.15, 0.2) is 42.5 Å². The van der Waals surface area contributed by atoms with Gasteiger partial charge in [-0.3, -0.25) is 9.59 Å². The zero-order valence-corrected chi connectivity index (χ0v) is 16.1. The third-order valence-corrected chi connectivity index (χ3v) is 4.44. The van der Waals surface area contributed by atoms with E-state index < -0.39 is 24.3 Å². The minimum atomic E-state index is -1.06. The fourth-order valence-electron chi connectivity index (χ4n) is 3.24. The number of hydrogen-bond donors (Lipinski definition) is 0. The van der Waals surface area contributed by atoms with Gasteiger partial charge in [0.25, 0.3) is 0 Å². The molecule has 2 heterocycles. The van der Waals surface area contributed by atoms with Gasteiger partial charge in [-0.25, -0.2) is 4.79 Å². The third-order valence-electron chi connectivity index (χ3n) is 4.44. The lowest BCUT2D eigenvalue weighted by molar-refractivity contribution is -0.170. The molecule has 1 aliphatic rings. The lowest BCUT2D eigenvalue weighted by Crippen LogP contribution is -2.26. The molecule has 1 aliphatic heterocycles. The Balaban J connectivity index is 1.66. The highest BCUT2D eigenvalue weighted by molar-refractivity contribution is 6.08. The molecule has 148 valence electrons. The van der Waals surface area contributed by atoms with Crippen molar-refractivity contribution in [1.29, 1.82) is 0 Å². The van der Waals surface area contributed by atoms with Crippen LogP contribution in [0, 0.1) is 0 Å². The monoisotopic (exact) mass is 385 g/mol. The average molecular weight is 385 g/mol. The molecule has 0 N–H and O–H groups in total. The molecule has 0 radical (unpaired) electrons. The zero-order valence-electron chi connectivity index (χ0n) is 16.1. The van der Waals surface area contributed by atoms with E-state index in [1.807, 2.05) is 22.8 Å². The minimum absolute atomic E-state index is 0.0889. The molecule has 0 aliphatic carbocycles. The van der Waals surface area contributed by atoms with Crippen molar-refractivity contribution in [3.63, 3.8) is 0 Å². The predicted octanol–water partition coefficient (Wildman–Crippen LogP) is 3.66. The fraction of sp³-hybridized carbons (Fsp3) is 0.381. The largest absolute Gasteiger partial charge is 0.511 e. The molecule has 2 unspecified atom stereocenters. The van der Waals surface area contributed by atoms with E-state index in [0.29, 0.717) is 24.2 Å². The molecule has 0 spiro atoms. The minimum Gasteiger partial charge on any atom is -0.431 e. The number of carbonyl (C=O) groups is 3. The van der Waals surface area contributed by atoms with Crippen LogP contribution in [-0.4, -0.2) is 34.9 Å². The second-order valence-corrected chi connectivity index (χ2v) is 6.87. The standard InChI is InChI=1S/C21H23NO6/c1-13(2)26-21(25)28-14(3)27-20(24)16-11-12-22-17(16)9-10-18(22)19(23)15-7-5-4-6-8-15/h4-10,13-14,16H,11-12H2,1-3H3. The van der Waals surface area contributed by atoms with E-state index in [1.165, 1.54) is 6.92 Å². The van der Waals surface area contributed by atoms with E-state index >= 15 is 0 Å². The summed E-state index contributed by atoms with van der Waals surface area (Å²) in [6, 6.07) is 12.5. The number of esters is 1. The summed E-state index contributed by atoms with van der Waals surface area (Å²) in [5.74, 6) is -1.10. The fourth-order valence-corrected chi connectivity index (χ4v) is 3.24. The lowest BCUT2D eigenvalue weighted by Gasteiger charge is -2.17. The van der Waals surface area contributed by atoms with Crippen molar-refractivity contribution in [2.24, 2.45) is 0 Å². The van der Waals surface area contributed by atoms with Crippen molar-refractivity contribution >= 4 is 17.9 Å². The Labute approximate surface area is 163 Å². The number of aromatic nitrogens is 1. The molecular formula is C21H23NO6. The molecule has 2 aromatic rings. The van der Waals surface area contributed by atoms with Crippen LogP contribution in [0.2, 0.25) is 0 Å². The molecule has 0 bridgehead atoms. The Kier molecular flexibility index (Phi) is 5.82. The average Bonchev–Trinajstić information content (AvgIpc) is 3.22. The van der Waals surface area contributed by atoms with Crippen molar-refractivity contribution in [2.45, 2.75) is 52.0 Å². The lowest BCUT2D eigenvalue weighted by atomic mass is 10.1. The van der Waals surface area contributed by atoms with E-state index in [1.54, 1.807) is 38.1 Å². The number of carbonyl (C=O) groups excluding carboxylic acids is 3. The molecule has 7 nitrogen and oxygen atoms in total. The van der Waals surface area contributed by atoms with Gasteiger partial charge in [-0.05, 0) is 32.4 Å². The summed E-state index contributed by atoms with van der Waals surface area (Å²) in [6.07, 6.45) is -1.75. The number of benzene rings is 1. The summed E-state index contributed by atoms with van der Waals surface area (Å²) in [6.45, 7) is 5.39.